The Bertz CT molecular complexity index is 2840. The van der Waals surface area contributed by atoms with Gasteiger partial charge in [-0.15, -0.1) is 11.3 Å². The van der Waals surface area contributed by atoms with Gasteiger partial charge in [0.2, 0.25) is 11.8 Å². The molecule has 5 atom stereocenters. The number of hydrogen-bond acceptors (Lipinski definition) is 10. The molecule has 2 aromatic heterocycles. The molecule has 1 unspecified atom stereocenters. The number of benzene rings is 3. The number of aliphatic hydroxyl groups is 2. The van der Waals surface area contributed by atoms with Crippen LogP contribution >= 0.6 is 27.3 Å². The van der Waals surface area contributed by atoms with Gasteiger partial charge in [-0.05, 0) is 159 Å². The zero-order valence-corrected chi connectivity index (χ0v) is 45.3. The third kappa shape index (κ3) is 9.78. The zero-order chi connectivity index (χ0) is 50.5. The van der Waals surface area contributed by atoms with Gasteiger partial charge in [-0.25, -0.2) is 4.98 Å². The molecule has 2 saturated heterocycles. The number of nitrogens with zero attached hydrogens (tertiary/aromatic N) is 5. The number of aliphatic hydroxyl groups excluding tert-OH is 2. The smallest absolute Gasteiger partial charge is 0.281 e. The van der Waals surface area contributed by atoms with Gasteiger partial charge in [-0.3, -0.25) is 23.9 Å². The van der Waals surface area contributed by atoms with Crippen LogP contribution in [0.25, 0.3) is 27.0 Å². The molecular formula is C58H74BrN7O5S. The third-order valence-corrected chi connectivity index (χ3v) is 19.2. The van der Waals surface area contributed by atoms with Gasteiger partial charge in [0.15, 0.2) is 0 Å². The maximum Gasteiger partial charge on any atom is 0.281 e. The van der Waals surface area contributed by atoms with Crippen LogP contribution in [0.3, 0.4) is 0 Å². The molecule has 4 N–H and O–H groups in total. The quantitative estimate of drug-likeness (QED) is 0.0797. The molecule has 2 saturated carbocycles. The minimum atomic E-state index is -1.17. The minimum Gasteiger partial charge on any atom is -0.392 e. The molecule has 5 aromatic rings. The van der Waals surface area contributed by atoms with Crippen LogP contribution in [0.15, 0.2) is 75.4 Å². The average Bonchev–Trinajstić information content (AvgIpc) is 4.18. The fraction of sp³-hybridized carbons (Fsp3) is 0.569. The van der Waals surface area contributed by atoms with Crippen molar-refractivity contribution in [3.63, 3.8) is 0 Å². The van der Waals surface area contributed by atoms with Gasteiger partial charge in [0.1, 0.15) is 12.1 Å². The maximum atomic E-state index is 14.6. The summed E-state index contributed by atoms with van der Waals surface area (Å²) in [5.74, 6) is 1.13. The number of thiazole rings is 1. The van der Waals surface area contributed by atoms with Crippen molar-refractivity contribution in [2.45, 2.75) is 173 Å². The van der Waals surface area contributed by atoms with Crippen molar-refractivity contribution < 1.29 is 19.8 Å². The normalized spacial score (nSPS) is 22.4. The van der Waals surface area contributed by atoms with E-state index in [-0.39, 0.29) is 41.8 Å². The number of rotatable bonds is 14. The molecule has 384 valence electrons. The Hall–Kier alpha value is -4.31. The average molecular weight is 1060 g/mol. The second-order valence-corrected chi connectivity index (χ2v) is 24.9. The number of hydrogen-bond donors (Lipinski definition) is 4. The number of fused-ring (bicyclic) bond motifs is 7. The summed E-state index contributed by atoms with van der Waals surface area (Å²) in [4.78, 5) is 56.8. The van der Waals surface area contributed by atoms with E-state index in [4.69, 9.17) is 4.98 Å². The van der Waals surface area contributed by atoms with Crippen LogP contribution in [-0.2, 0) is 15.0 Å². The van der Waals surface area contributed by atoms with Crippen LogP contribution in [0.5, 0.6) is 0 Å². The number of aromatic nitrogens is 3. The summed E-state index contributed by atoms with van der Waals surface area (Å²) >= 11 is 5.27. The largest absolute Gasteiger partial charge is 0.392 e. The van der Waals surface area contributed by atoms with Crippen LogP contribution in [0, 0.1) is 17.8 Å². The van der Waals surface area contributed by atoms with Crippen molar-refractivity contribution in [2.24, 2.45) is 10.8 Å². The number of β-amino-alcohol motifs (C(OH)–C–C–N with tert-alkyl or cyclic N) is 1. The van der Waals surface area contributed by atoms with Crippen molar-refractivity contribution >= 4 is 50.0 Å². The van der Waals surface area contributed by atoms with E-state index in [2.05, 4.69) is 77.4 Å². The molecule has 14 heteroatoms. The third-order valence-electron chi connectivity index (χ3n) is 17.5. The lowest BCUT2D eigenvalue weighted by molar-refractivity contribution is -0.140. The predicted octanol–water partition coefficient (Wildman–Crippen LogP) is 10.2. The van der Waals surface area contributed by atoms with Crippen LogP contribution in [0.2, 0.25) is 0 Å². The van der Waals surface area contributed by atoms with Crippen molar-refractivity contribution in [3.05, 3.63) is 109 Å². The molecule has 72 heavy (non-hydrogen) atoms. The van der Waals surface area contributed by atoms with Crippen LogP contribution in [0.1, 0.15) is 164 Å². The first kappa shape index (κ1) is 51.2. The Morgan fingerprint density at radius 1 is 0.944 bits per heavy atom. The highest BCUT2D eigenvalue weighted by Gasteiger charge is 2.49. The highest BCUT2D eigenvalue weighted by atomic mass is 79.9. The number of carbonyl (C=O) groups is 2. The van der Waals surface area contributed by atoms with Gasteiger partial charge in [0.25, 0.3) is 5.56 Å². The molecule has 4 fully saturated rings. The first-order valence-corrected chi connectivity index (χ1v) is 28.6. The fourth-order valence-corrected chi connectivity index (χ4v) is 14.7. The summed E-state index contributed by atoms with van der Waals surface area (Å²) < 4.78 is 3.10. The topological polar surface area (TPSA) is 153 Å². The second-order valence-electron chi connectivity index (χ2n) is 23.1. The van der Waals surface area contributed by atoms with Crippen molar-refractivity contribution in [3.8, 4) is 16.1 Å². The molecule has 2 aliphatic carbocycles. The summed E-state index contributed by atoms with van der Waals surface area (Å²) in [6.07, 6.45) is 12.4. The zero-order valence-electron chi connectivity index (χ0n) is 42.9. The van der Waals surface area contributed by atoms with Gasteiger partial charge in [-0.2, -0.15) is 4.98 Å². The van der Waals surface area contributed by atoms with Gasteiger partial charge in [-0.1, -0.05) is 102 Å². The Morgan fingerprint density at radius 2 is 1.67 bits per heavy atom. The molecular weight excluding hydrogens is 987 g/mol. The molecule has 3 aliphatic heterocycles. The number of halogens is 1. The van der Waals surface area contributed by atoms with Crippen molar-refractivity contribution in [1.82, 2.24) is 35.0 Å². The van der Waals surface area contributed by atoms with E-state index >= 15 is 0 Å². The van der Waals surface area contributed by atoms with E-state index in [1.807, 2.05) is 64.4 Å². The summed E-state index contributed by atoms with van der Waals surface area (Å²) in [5.41, 5.74) is 8.32. The van der Waals surface area contributed by atoms with Gasteiger partial charge in [0.05, 0.1) is 62.3 Å². The summed E-state index contributed by atoms with van der Waals surface area (Å²) in [5, 5.41) is 30.3. The van der Waals surface area contributed by atoms with Gasteiger partial charge >= 0.3 is 0 Å². The van der Waals surface area contributed by atoms with Gasteiger partial charge < -0.3 is 25.7 Å². The summed E-state index contributed by atoms with van der Waals surface area (Å²) in [6, 6.07) is 19.6. The molecule has 12 nitrogen and oxygen atoms in total. The number of amides is 2. The summed E-state index contributed by atoms with van der Waals surface area (Å²) in [6.45, 7) is 13.2. The fourth-order valence-electron chi connectivity index (χ4n) is 13.4. The number of aryl methyl sites for hydroxylation is 1. The molecule has 2 amide bonds. The van der Waals surface area contributed by atoms with E-state index in [9.17, 15) is 24.6 Å². The SMILES string of the molecule is Cc1ncsc1-c1ccc([C@H](C)NC(=O)[C@@H]2C[C@@H](O)CN2C(O)[C@@H](NC(=O)C2(CCCCN3CCC(c4ccc5c(c4)-n4c(nc(=O)c6c(Br)cccc64)C54CCCCC4)CC3)CCCC2)C(C)(C)C)cc1. The molecule has 1 spiro atoms. The Kier molecular flexibility index (Phi) is 14.8. The van der Waals surface area contributed by atoms with Crippen molar-refractivity contribution in [1.29, 1.82) is 0 Å². The van der Waals surface area contributed by atoms with E-state index in [1.165, 1.54) is 23.2 Å². The first-order valence-electron chi connectivity index (χ1n) is 26.9. The number of carbonyl (C=O) groups excluding carboxylic acids is 2. The van der Waals surface area contributed by atoms with E-state index in [1.54, 1.807) is 16.2 Å². The number of unbranched alkanes of at least 4 members (excludes halogenated alkanes) is 1. The molecule has 0 radical (unpaired) electrons. The Morgan fingerprint density at radius 3 is 2.36 bits per heavy atom. The van der Waals surface area contributed by atoms with Crippen molar-refractivity contribution in [2.75, 3.05) is 26.2 Å². The van der Waals surface area contributed by atoms with Crippen LogP contribution in [0.4, 0.5) is 0 Å². The predicted molar refractivity (Wildman–Crippen MR) is 289 cm³/mol. The minimum absolute atomic E-state index is 0.000510. The van der Waals surface area contributed by atoms with E-state index in [0.717, 1.165) is 141 Å². The second kappa shape index (κ2) is 20.8. The lowest BCUT2D eigenvalue weighted by Crippen LogP contribution is -2.61. The maximum absolute atomic E-state index is 14.6. The number of likely N-dealkylation sites (tertiary alicyclic amines) is 2. The monoisotopic (exact) mass is 1060 g/mol. The number of piperidine rings is 1. The van der Waals surface area contributed by atoms with E-state index in [0.29, 0.717) is 11.3 Å². The molecule has 0 bridgehead atoms. The van der Waals surface area contributed by atoms with Crippen LogP contribution < -0.4 is 16.2 Å². The first-order chi connectivity index (χ1) is 34.6. The highest BCUT2D eigenvalue weighted by molar-refractivity contribution is 9.10. The molecule has 5 heterocycles. The lowest BCUT2D eigenvalue weighted by atomic mass is 9.69. The lowest BCUT2D eigenvalue weighted by Gasteiger charge is -2.42. The highest BCUT2D eigenvalue weighted by Crippen LogP contribution is 2.52. The molecule has 5 aliphatic rings. The number of nitrogens with one attached hydrogen (secondary N) is 2. The summed E-state index contributed by atoms with van der Waals surface area (Å²) in [7, 11) is 0. The van der Waals surface area contributed by atoms with Gasteiger partial charge in [0, 0.05) is 16.4 Å². The Balaban J connectivity index is 0.747. The van der Waals surface area contributed by atoms with E-state index < -0.39 is 35.2 Å². The molecule has 10 rings (SSSR count). The standard InChI is InChI=1S/C58H74BrN7O5S/c1-36(38-16-18-40(19-17-38)49-37(2)60-35-72-49)61-51(68)47-33-42(67)34-65(47)53(70)50(56(3,4)5)62-55(71)57(24-9-10-25-57)26-11-12-29-64-30-22-39(23-31-64)41-20-21-43-46(32-41)66-45-15-13-14-44(59)48(45)52(69)63-54(66)58(43)27-7-6-8-28-58/h13-21,32,35-36,39,42,47,50,53,67,70H,6-12,22-31,33-34H2,1-5H3,(H,61,68)(H,62,71)/t36-,42+,47-,50+,53?/m0/s1. The molecule has 3 aromatic carbocycles. The van der Waals surface area contributed by atoms with Crippen LogP contribution in [-0.4, -0.2) is 97.0 Å². The Labute approximate surface area is 437 Å².